The molecule has 140 valence electrons. The van der Waals surface area contributed by atoms with E-state index in [2.05, 4.69) is 15.0 Å². The molecule has 1 fully saturated rings. The van der Waals surface area contributed by atoms with Crippen molar-refractivity contribution in [1.29, 1.82) is 0 Å². The molecule has 1 atom stereocenters. The molecule has 11 heteroatoms. The molecule has 0 aromatic carbocycles. The number of thiophene rings is 1. The number of H-pyrrole nitrogens is 1. The van der Waals surface area contributed by atoms with Gasteiger partial charge in [-0.1, -0.05) is 17.8 Å². The number of pyridine rings is 1. The predicted molar refractivity (Wildman–Crippen MR) is 93.7 cm³/mol. The van der Waals surface area contributed by atoms with E-state index < -0.39 is 33.9 Å². The molecule has 0 unspecified atom stereocenters. The zero-order chi connectivity index (χ0) is 19.2. The first-order valence-electron chi connectivity index (χ1n) is 7.72. The molecule has 1 aliphatic rings. The fourth-order valence-electron chi connectivity index (χ4n) is 2.67. The van der Waals surface area contributed by atoms with Crippen molar-refractivity contribution in [2.24, 2.45) is 0 Å². The molecule has 3 aromatic rings. The van der Waals surface area contributed by atoms with Crippen LogP contribution in [0.4, 0.5) is 13.2 Å². The van der Waals surface area contributed by atoms with Gasteiger partial charge < -0.3 is 9.72 Å². The Balaban J connectivity index is 1.89. The predicted octanol–water partition coefficient (Wildman–Crippen LogP) is 3.47. The summed E-state index contributed by atoms with van der Waals surface area (Å²) in [5, 5.41) is 0.557. The summed E-state index contributed by atoms with van der Waals surface area (Å²) in [6.07, 6.45) is -4.31. The highest BCUT2D eigenvalue weighted by atomic mass is 32.2. The number of carbonyl (C=O) groups excluding carboxylic acids is 1. The van der Waals surface area contributed by atoms with Crippen LogP contribution in [-0.4, -0.2) is 32.8 Å². The number of carbonyl (C=O) groups is 1. The molecular weight excluding hydrogens is 403 g/mol. The standard InChI is InChI=1S/C16H10F3N3O3S2/c17-16(18,19)7-6-8(9-2-1-5-26-9)20-12-11(7)13(23)22-15(21-12)27-10-3-4-25-14(10)24/h1-2,5-6,10H,3-4H2,(H,20,21,22,23)/t10-/m1/s1. The smallest absolute Gasteiger partial charge is 0.417 e. The average molecular weight is 413 g/mol. The Morgan fingerprint density at radius 3 is 2.74 bits per heavy atom. The minimum Gasteiger partial charge on any atom is -0.465 e. The van der Waals surface area contributed by atoms with Crippen molar-refractivity contribution in [3.8, 4) is 10.6 Å². The Labute approximate surface area is 157 Å². The van der Waals surface area contributed by atoms with Gasteiger partial charge in [-0.25, -0.2) is 9.97 Å². The zero-order valence-electron chi connectivity index (χ0n) is 13.4. The van der Waals surface area contributed by atoms with E-state index in [1.165, 1.54) is 11.3 Å². The summed E-state index contributed by atoms with van der Waals surface area (Å²) in [4.78, 5) is 35.0. The summed E-state index contributed by atoms with van der Waals surface area (Å²) in [7, 11) is 0. The van der Waals surface area contributed by atoms with E-state index in [0.29, 0.717) is 11.3 Å². The molecule has 3 aromatic heterocycles. The van der Waals surface area contributed by atoms with E-state index in [1.807, 2.05) is 0 Å². The quantitative estimate of drug-likeness (QED) is 0.523. The van der Waals surface area contributed by atoms with Crippen LogP contribution in [-0.2, 0) is 15.7 Å². The lowest BCUT2D eigenvalue weighted by Gasteiger charge is -2.12. The molecule has 0 aliphatic carbocycles. The Morgan fingerprint density at radius 2 is 2.11 bits per heavy atom. The summed E-state index contributed by atoms with van der Waals surface area (Å²) < 4.78 is 45.4. The number of cyclic esters (lactones) is 1. The molecule has 0 saturated carbocycles. The maximum Gasteiger partial charge on any atom is 0.417 e. The lowest BCUT2D eigenvalue weighted by Crippen LogP contribution is -2.18. The average Bonchev–Trinajstić information content (AvgIpc) is 3.25. The van der Waals surface area contributed by atoms with Crippen molar-refractivity contribution in [3.63, 3.8) is 0 Å². The molecule has 1 aliphatic heterocycles. The van der Waals surface area contributed by atoms with Crippen LogP contribution in [0.3, 0.4) is 0 Å². The number of rotatable bonds is 3. The number of aromatic nitrogens is 3. The Bertz CT molecular complexity index is 1080. The van der Waals surface area contributed by atoms with E-state index in [-0.39, 0.29) is 23.1 Å². The number of halogens is 3. The van der Waals surface area contributed by atoms with Gasteiger partial charge in [-0.2, -0.15) is 13.2 Å². The van der Waals surface area contributed by atoms with Gasteiger partial charge in [-0.05, 0) is 17.5 Å². The van der Waals surface area contributed by atoms with E-state index in [4.69, 9.17) is 4.74 Å². The maximum absolute atomic E-state index is 13.5. The van der Waals surface area contributed by atoms with Gasteiger partial charge in [-0.15, -0.1) is 11.3 Å². The Kier molecular flexibility index (Phi) is 4.42. The number of nitrogens with zero attached hydrogens (tertiary/aromatic N) is 2. The van der Waals surface area contributed by atoms with Crippen molar-refractivity contribution in [2.75, 3.05) is 6.61 Å². The van der Waals surface area contributed by atoms with Crippen LogP contribution < -0.4 is 5.56 Å². The molecule has 0 amide bonds. The van der Waals surface area contributed by atoms with Crippen molar-refractivity contribution in [1.82, 2.24) is 15.0 Å². The number of ether oxygens (including phenoxy) is 1. The van der Waals surface area contributed by atoms with Crippen LogP contribution in [0.15, 0.2) is 33.5 Å². The van der Waals surface area contributed by atoms with Gasteiger partial charge >= 0.3 is 12.1 Å². The molecule has 1 N–H and O–H groups in total. The zero-order valence-corrected chi connectivity index (χ0v) is 15.0. The third kappa shape index (κ3) is 3.44. The number of hydrogen-bond donors (Lipinski definition) is 1. The monoisotopic (exact) mass is 413 g/mol. The molecule has 27 heavy (non-hydrogen) atoms. The molecule has 4 heterocycles. The minimum absolute atomic E-state index is 0.0281. The highest BCUT2D eigenvalue weighted by Crippen LogP contribution is 2.36. The van der Waals surface area contributed by atoms with Crippen molar-refractivity contribution in [3.05, 3.63) is 39.5 Å². The fourth-order valence-corrected chi connectivity index (χ4v) is 4.29. The van der Waals surface area contributed by atoms with Crippen molar-refractivity contribution >= 4 is 40.1 Å². The van der Waals surface area contributed by atoms with Crippen LogP contribution in [0, 0.1) is 0 Å². The number of thioether (sulfide) groups is 1. The minimum atomic E-state index is -4.74. The molecule has 6 nitrogen and oxygen atoms in total. The van der Waals surface area contributed by atoms with Crippen molar-refractivity contribution < 1.29 is 22.7 Å². The molecule has 0 radical (unpaired) electrons. The second kappa shape index (κ2) is 6.64. The number of nitrogens with one attached hydrogen (secondary N) is 1. The third-order valence-corrected chi connectivity index (χ3v) is 5.90. The van der Waals surface area contributed by atoms with Crippen LogP contribution in [0.2, 0.25) is 0 Å². The van der Waals surface area contributed by atoms with E-state index in [9.17, 15) is 22.8 Å². The number of alkyl halides is 3. The van der Waals surface area contributed by atoms with Gasteiger partial charge in [0.1, 0.15) is 5.25 Å². The summed E-state index contributed by atoms with van der Waals surface area (Å²) >= 11 is 2.17. The Hall–Kier alpha value is -2.40. The maximum atomic E-state index is 13.5. The molecule has 0 bridgehead atoms. The first kappa shape index (κ1) is 18.0. The molecule has 4 rings (SSSR count). The second-order valence-corrected chi connectivity index (χ2v) is 7.80. The summed E-state index contributed by atoms with van der Waals surface area (Å²) in [5.41, 5.74) is -2.28. The van der Waals surface area contributed by atoms with Crippen LogP contribution >= 0.6 is 23.1 Å². The SMILES string of the molecule is O=C1OCC[C@H]1Sc1nc2nc(-c3cccs3)cc(C(F)(F)F)c2c(=O)[nH]1. The highest BCUT2D eigenvalue weighted by molar-refractivity contribution is 8.00. The third-order valence-electron chi connectivity index (χ3n) is 3.88. The number of esters is 1. The molecule has 0 spiro atoms. The van der Waals surface area contributed by atoms with E-state index >= 15 is 0 Å². The van der Waals surface area contributed by atoms with Crippen LogP contribution in [0.1, 0.15) is 12.0 Å². The molecular formula is C16H10F3N3O3S2. The number of hydrogen-bond acceptors (Lipinski definition) is 7. The Morgan fingerprint density at radius 1 is 1.30 bits per heavy atom. The second-order valence-electron chi connectivity index (χ2n) is 5.66. The van der Waals surface area contributed by atoms with Gasteiger partial charge in [0.05, 0.1) is 28.1 Å². The first-order chi connectivity index (χ1) is 12.8. The van der Waals surface area contributed by atoms with E-state index in [0.717, 1.165) is 17.8 Å². The van der Waals surface area contributed by atoms with E-state index in [1.54, 1.807) is 17.5 Å². The van der Waals surface area contributed by atoms with Gasteiger partial charge in [-0.3, -0.25) is 9.59 Å². The topological polar surface area (TPSA) is 84.9 Å². The van der Waals surface area contributed by atoms with Crippen molar-refractivity contribution in [2.45, 2.75) is 23.0 Å². The largest absolute Gasteiger partial charge is 0.465 e. The van der Waals surface area contributed by atoms with Gasteiger partial charge in [0.2, 0.25) is 0 Å². The number of aromatic amines is 1. The fraction of sp³-hybridized carbons (Fsp3) is 0.250. The molecule has 1 saturated heterocycles. The summed E-state index contributed by atoms with van der Waals surface area (Å²) in [6.45, 7) is 0.257. The van der Waals surface area contributed by atoms with Gasteiger partial charge in [0, 0.05) is 6.42 Å². The highest BCUT2D eigenvalue weighted by Gasteiger charge is 2.36. The summed E-state index contributed by atoms with van der Waals surface area (Å²) in [6, 6.07) is 4.18. The lowest BCUT2D eigenvalue weighted by atomic mass is 10.1. The van der Waals surface area contributed by atoms with Crippen LogP contribution in [0.5, 0.6) is 0 Å². The van der Waals surface area contributed by atoms with Gasteiger partial charge in [0.25, 0.3) is 5.56 Å². The first-order valence-corrected chi connectivity index (χ1v) is 9.48. The normalized spacial score (nSPS) is 17.4. The van der Waals surface area contributed by atoms with Crippen LogP contribution in [0.25, 0.3) is 21.6 Å². The number of fused-ring (bicyclic) bond motifs is 1. The summed E-state index contributed by atoms with van der Waals surface area (Å²) in [5.74, 6) is -0.445. The van der Waals surface area contributed by atoms with Gasteiger partial charge in [0.15, 0.2) is 10.8 Å². The lowest BCUT2D eigenvalue weighted by molar-refractivity contribution is -0.138.